The number of aromatic nitrogens is 2. The summed E-state index contributed by atoms with van der Waals surface area (Å²) < 4.78 is 5.76. The van der Waals surface area contributed by atoms with Gasteiger partial charge in [0.05, 0.1) is 6.61 Å². The first-order valence-corrected chi connectivity index (χ1v) is 7.54. The summed E-state index contributed by atoms with van der Waals surface area (Å²) in [5.41, 5.74) is 1.26. The first kappa shape index (κ1) is 16.6. The van der Waals surface area contributed by atoms with E-state index >= 15 is 0 Å². The van der Waals surface area contributed by atoms with Crippen molar-refractivity contribution in [2.45, 2.75) is 20.3 Å². The molecule has 1 heterocycles. The molecule has 6 nitrogen and oxygen atoms in total. The van der Waals surface area contributed by atoms with Gasteiger partial charge in [-0.3, -0.25) is 0 Å². The third-order valence-electron chi connectivity index (χ3n) is 3.06. The lowest BCUT2D eigenvalue weighted by Gasteiger charge is -2.07. The van der Waals surface area contributed by atoms with Crippen LogP contribution in [0.15, 0.2) is 36.5 Å². The summed E-state index contributed by atoms with van der Waals surface area (Å²) in [6.07, 6.45) is 3.41. The van der Waals surface area contributed by atoms with Crippen molar-refractivity contribution < 1.29 is 14.3 Å². The van der Waals surface area contributed by atoms with Gasteiger partial charge in [0.1, 0.15) is 11.3 Å². The van der Waals surface area contributed by atoms with Gasteiger partial charge in [0, 0.05) is 18.2 Å². The molecule has 0 fully saturated rings. The third-order valence-corrected chi connectivity index (χ3v) is 3.06. The Hall–Kier alpha value is -2.76. The molecule has 120 valence electrons. The van der Waals surface area contributed by atoms with Crippen LogP contribution in [-0.4, -0.2) is 40.0 Å². The minimum atomic E-state index is -0.539. The fourth-order valence-electron chi connectivity index (χ4n) is 2.01. The molecule has 2 rings (SSSR count). The van der Waals surface area contributed by atoms with Crippen LogP contribution in [-0.2, 0) is 4.74 Å². The average molecular weight is 313 g/mol. The molecule has 0 N–H and O–H groups in total. The molecule has 0 aliphatic carbocycles. The molecule has 0 atom stereocenters. The summed E-state index contributed by atoms with van der Waals surface area (Å²) >= 11 is 0. The standard InChI is InChI=1S/C17H19N3O3/c1-3-10-20(22)12-15-14(17(21)23-4-2)11-18-16(19-15)13-8-6-5-7-9-13/h5-9,11-12H,3-4,10H2,1-2H3. The molecule has 1 aromatic heterocycles. The first-order valence-electron chi connectivity index (χ1n) is 7.54. The van der Waals surface area contributed by atoms with Crippen molar-refractivity contribution in [3.05, 3.63) is 53.0 Å². The number of esters is 1. The van der Waals surface area contributed by atoms with E-state index in [-0.39, 0.29) is 17.9 Å². The van der Waals surface area contributed by atoms with Gasteiger partial charge in [-0.25, -0.2) is 19.5 Å². The predicted octanol–water partition coefficient (Wildman–Crippen LogP) is 2.66. The van der Waals surface area contributed by atoms with Crippen LogP contribution in [0, 0.1) is 5.21 Å². The van der Waals surface area contributed by atoms with Crippen molar-refractivity contribution in [2.24, 2.45) is 0 Å². The van der Waals surface area contributed by atoms with Gasteiger partial charge in [0.2, 0.25) is 6.21 Å². The van der Waals surface area contributed by atoms with E-state index in [9.17, 15) is 10.0 Å². The van der Waals surface area contributed by atoms with Gasteiger partial charge in [-0.05, 0) is 6.92 Å². The van der Waals surface area contributed by atoms with Crippen molar-refractivity contribution in [2.75, 3.05) is 13.2 Å². The summed E-state index contributed by atoms with van der Waals surface area (Å²) in [6.45, 7) is 4.19. The van der Waals surface area contributed by atoms with E-state index in [1.165, 1.54) is 12.4 Å². The molecule has 2 aromatic rings. The van der Waals surface area contributed by atoms with Crippen molar-refractivity contribution in [1.29, 1.82) is 0 Å². The molecule has 0 aliphatic heterocycles. The lowest BCUT2D eigenvalue weighted by Crippen LogP contribution is -2.15. The van der Waals surface area contributed by atoms with Gasteiger partial charge in [-0.15, -0.1) is 0 Å². The molecule has 0 saturated carbocycles. The lowest BCUT2D eigenvalue weighted by molar-refractivity contribution is -0.452. The highest BCUT2D eigenvalue weighted by Gasteiger charge is 2.17. The molecule has 0 unspecified atom stereocenters. The fourth-order valence-corrected chi connectivity index (χ4v) is 2.01. The summed E-state index contributed by atoms with van der Waals surface area (Å²) in [6, 6.07) is 9.37. The number of hydroxylamine groups is 1. The highest BCUT2D eigenvalue weighted by molar-refractivity contribution is 5.97. The molecule has 1 aromatic carbocycles. The number of hydrogen-bond acceptors (Lipinski definition) is 5. The Kier molecular flexibility index (Phi) is 5.80. The van der Waals surface area contributed by atoms with Crippen LogP contribution in [0.25, 0.3) is 11.4 Å². The molecule has 23 heavy (non-hydrogen) atoms. The second-order valence-corrected chi connectivity index (χ2v) is 4.85. The quantitative estimate of drug-likeness (QED) is 0.269. The van der Waals surface area contributed by atoms with Crippen molar-refractivity contribution in [3.63, 3.8) is 0 Å². The Morgan fingerprint density at radius 2 is 2.04 bits per heavy atom. The second kappa shape index (κ2) is 8.03. The van der Waals surface area contributed by atoms with E-state index in [1.807, 2.05) is 37.3 Å². The zero-order chi connectivity index (χ0) is 16.7. The Bertz CT molecular complexity index is 699. The number of carbonyl (C=O) groups excluding carboxylic acids is 1. The zero-order valence-electron chi connectivity index (χ0n) is 13.2. The molecule has 0 amide bonds. The van der Waals surface area contributed by atoms with E-state index in [4.69, 9.17) is 4.74 Å². The number of benzene rings is 1. The van der Waals surface area contributed by atoms with Crippen molar-refractivity contribution in [3.8, 4) is 11.4 Å². The number of rotatable bonds is 6. The largest absolute Gasteiger partial charge is 0.624 e. The topological polar surface area (TPSA) is 78.2 Å². The van der Waals surface area contributed by atoms with Crippen LogP contribution in [0.4, 0.5) is 0 Å². The Morgan fingerprint density at radius 1 is 1.30 bits per heavy atom. The molecule has 0 aliphatic rings. The second-order valence-electron chi connectivity index (χ2n) is 4.85. The van der Waals surface area contributed by atoms with E-state index in [0.717, 1.165) is 10.3 Å². The smallest absolute Gasteiger partial charge is 0.342 e. The Labute approximate surface area is 135 Å². The summed E-state index contributed by atoms with van der Waals surface area (Å²) in [5.74, 6) is -0.0851. The van der Waals surface area contributed by atoms with Crippen LogP contribution < -0.4 is 0 Å². The lowest BCUT2D eigenvalue weighted by atomic mass is 10.2. The van der Waals surface area contributed by atoms with Crippen molar-refractivity contribution in [1.82, 2.24) is 9.97 Å². The molecule has 0 saturated heterocycles. The number of nitrogens with zero attached hydrogens (tertiary/aromatic N) is 3. The molecule has 0 bridgehead atoms. The van der Waals surface area contributed by atoms with Crippen LogP contribution in [0.2, 0.25) is 0 Å². The van der Waals surface area contributed by atoms with Crippen LogP contribution in [0.3, 0.4) is 0 Å². The fraction of sp³-hybridized carbons (Fsp3) is 0.294. The Morgan fingerprint density at radius 3 is 2.70 bits per heavy atom. The maximum Gasteiger partial charge on any atom is 0.342 e. The van der Waals surface area contributed by atoms with Gasteiger partial charge in [0.25, 0.3) is 0 Å². The van der Waals surface area contributed by atoms with Gasteiger partial charge >= 0.3 is 5.97 Å². The van der Waals surface area contributed by atoms with E-state index < -0.39 is 5.97 Å². The van der Waals surface area contributed by atoms with Gasteiger partial charge in [-0.2, -0.15) is 0 Å². The predicted molar refractivity (Wildman–Crippen MR) is 87.4 cm³/mol. The summed E-state index contributed by atoms with van der Waals surface area (Å²) in [4.78, 5) is 20.6. The van der Waals surface area contributed by atoms with E-state index in [0.29, 0.717) is 18.8 Å². The minimum absolute atomic E-state index is 0.184. The number of hydrogen-bond donors (Lipinski definition) is 0. The summed E-state index contributed by atoms with van der Waals surface area (Å²) in [7, 11) is 0. The third kappa shape index (κ3) is 4.35. The van der Waals surface area contributed by atoms with Gasteiger partial charge < -0.3 is 9.94 Å². The minimum Gasteiger partial charge on any atom is -0.624 e. The molecule has 6 heteroatoms. The molecule has 0 spiro atoms. The molecular weight excluding hydrogens is 294 g/mol. The van der Waals surface area contributed by atoms with Crippen LogP contribution >= 0.6 is 0 Å². The van der Waals surface area contributed by atoms with Gasteiger partial charge in [-0.1, -0.05) is 37.3 Å². The number of ether oxygens (including phenoxy) is 1. The highest BCUT2D eigenvalue weighted by Crippen LogP contribution is 2.16. The van der Waals surface area contributed by atoms with Crippen LogP contribution in [0.5, 0.6) is 0 Å². The van der Waals surface area contributed by atoms with E-state index in [2.05, 4.69) is 9.97 Å². The molecular formula is C17H19N3O3. The van der Waals surface area contributed by atoms with Gasteiger partial charge in [0.15, 0.2) is 12.4 Å². The highest BCUT2D eigenvalue weighted by atomic mass is 16.5. The summed E-state index contributed by atoms with van der Waals surface area (Å²) in [5, 5.41) is 11.8. The monoisotopic (exact) mass is 313 g/mol. The Balaban J connectivity index is 2.48. The SMILES string of the molecule is CCC[N+]([O-])=Cc1nc(-c2ccccc2)ncc1C(=O)OCC. The maximum absolute atomic E-state index is 12.0. The normalized spacial score (nSPS) is 11.3. The maximum atomic E-state index is 12.0. The number of carbonyl (C=O) groups is 1. The van der Waals surface area contributed by atoms with Crippen molar-refractivity contribution >= 4 is 12.2 Å². The zero-order valence-corrected chi connectivity index (χ0v) is 13.2. The van der Waals surface area contributed by atoms with E-state index in [1.54, 1.807) is 6.92 Å². The molecule has 0 radical (unpaired) electrons. The average Bonchev–Trinajstić information content (AvgIpc) is 2.56. The van der Waals surface area contributed by atoms with Crippen LogP contribution in [0.1, 0.15) is 36.3 Å². The first-order chi connectivity index (χ1) is 11.2.